The summed E-state index contributed by atoms with van der Waals surface area (Å²) in [6, 6.07) is 12.0. The summed E-state index contributed by atoms with van der Waals surface area (Å²) in [6.07, 6.45) is 4.94. The van der Waals surface area contributed by atoms with E-state index in [1.54, 1.807) is 17.6 Å². The molecule has 8 nitrogen and oxygen atoms in total. The lowest BCUT2D eigenvalue weighted by Crippen LogP contribution is -2.44. The van der Waals surface area contributed by atoms with Gasteiger partial charge in [0.25, 0.3) is 5.56 Å². The maximum atomic E-state index is 13.7. The molecule has 1 N–H and O–H groups in total. The third kappa shape index (κ3) is 4.82. The zero-order valence-corrected chi connectivity index (χ0v) is 25.1. The van der Waals surface area contributed by atoms with Crippen LogP contribution in [0.1, 0.15) is 61.3 Å². The van der Waals surface area contributed by atoms with Crippen molar-refractivity contribution in [2.24, 2.45) is 5.92 Å². The van der Waals surface area contributed by atoms with E-state index >= 15 is 0 Å². The molecule has 2 aromatic heterocycles. The fraction of sp³-hybridized carbons (Fsp3) is 0.500. The van der Waals surface area contributed by atoms with E-state index in [1.807, 2.05) is 18.2 Å². The van der Waals surface area contributed by atoms with Crippen molar-refractivity contribution in [3.8, 4) is 11.4 Å². The highest BCUT2D eigenvalue weighted by Crippen LogP contribution is 2.41. The van der Waals surface area contributed by atoms with E-state index < -0.39 is 19.6 Å². The van der Waals surface area contributed by atoms with E-state index in [4.69, 9.17) is 14.5 Å². The molecule has 1 aromatic carbocycles. The van der Waals surface area contributed by atoms with Crippen LogP contribution in [0, 0.1) is 5.92 Å². The number of rotatable bonds is 9. The molecule has 6 rings (SSSR count). The van der Waals surface area contributed by atoms with Gasteiger partial charge in [-0.05, 0) is 49.8 Å². The molecule has 0 bridgehead atoms. The first-order chi connectivity index (χ1) is 19.6. The van der Waals surface area contributed by atoms with E-state index in [0.29, 0.717) is 30.0 Å². The van der Waals surface area contributed by atoms with E-state index in [0.717, 1.165) is 66.4 Å². The fourth-order valence-corrected chi connectivity index (χ4v) is 8.75. The number of para-hydroxylation sites is 1. The zero-order chi connectivity index (χ0) is 28.9. The number of aromatic nitrogens is 2. The normalized spacial score (nSPS) is 19.8. The Balaban J connectivity index is 1.29. The van der Waals surface area contributed by atoms with Gasteiger partial charge in [0, 0.05) is 24.6 Å². The second-order valence-corrected chi connectivity index (χ2v) is 17.9. The molecule has 1 unspecified atom stereocenters. The van der Waals surface area contributed by atoms with Gasteiger partial charge in [-0.3, -0.25) is 9.59 Å². The SMILES string of the molecule is CCC1(O)C(=O)OCc2c1cc1n(c2=O)Cc2c-1nc1ccccc1c2CC[Si](C)(C)CCCOC(=O)C1CCC1. The summed E-state index contributed by atoms with van der Waals surface area (Å²) in [5, 5.41) is 12.3. The maximum Gasteiger partial charge on any atom is 0.343 e. The van der Waals surface area contributed by atoms with Crippen molar-refractivity contribution in [2.45, 2.75) is 89.4 Å². The molecule has 0 saturated heterocycles. The number of aryl methyl sites for hydroxylation is 1. The molecule has 216 valence electrons. The molecule has 4 heterocycles. The quantitative estimate of drug-likeness (QED) is 0.169. The smallest absolute Gasteiger partial charge is 0.343 e. The predicted molar refractivity (Wildman–Crippen MR) is 158 cm³/mol. The average Bonchev–Trinajstić information content (AvgIpc) is 3.29. The average molecular weight is 575 g/mol. The summed E-state index contributed by atoms with van der Waals surface area (Å²) in [7, 11) is -1.61. The van der Waals surface area contributed by atoms with Crippen molar-refractivity contribution in [3.05, 3.63) is 62.9 Å². The Morgan fingerprint density at radius 3 is 2.71 bits per heavy atom. The number of carbonyl (C=O) groups excluding carboxylic acids is 2. The molecule has 9 heteroatoms. The summed E-state index contributed by atoms with van der Waals surface area (Å²) < 4.78 is 12.5. The highest BCUT2D eigenvalue weighted by Gasteiger charge is 2.45. The number of ether oxygens (including phenoxy) is 2. The number of esters is 2. The Morgan fingerprint density at radius 2 is 1.98 bits per heavy atom. The number of hydrogen-bond donors (Lipinski definition) is 1. The molecular formula is C32H38N2O6Si. The highest BCUT2D eigenvalue weighted by atomic mass is 28.3. The first-order valence-corrected chi connectivity index (χ1v) is 18.3. The minimum absolute atomic E-state index is 0.0284. The van der Waals surface area contributed by atoms with Crippen LogP contribution in [0.15, 0.2) is 35.1 Å². The Morgan fingerprint density at radius 1 is 1.20 bits per heavy atom. The number of aliphatic hydroxyl groups is 1. The Bertz CT molecular complexity index is 1610. The first kappa shape index (κ1) is 27.8. The number of fused-ring (bicyclic) bond motifs is 5. The van der Waals surface area contributed by atoms with Gasteiger partial charge in [-0.1, -0.05) is 56.7 Å². The molecule has 3 aromatic rings. The summed E-state index contributed by atoms with van der Waals surface area (Å²) in [6.45, 7) is 7.26. The predicted octanol–water partition coefficient (Wildman–Crippen LogP) is 5.06. The third-order valence-electron chi connectivity index (χ3n) is 9.45. The van der Waals surface area contributed by atoms with Gasteiger partial charge in [-0.15, -0.1) is 0 Å². The van der Waals surface area contributed by atoms with Crippen molar-refractivity contribution in [1.29, 1.82) is 0 Å². The van der Waals surface area contributed by atoms with Gasteiger partial charge in [0.2, 0.25) is 0 Å². The first-order valence-electron chi connectivity index (χ1n) is 14.9. The molecule has 0 radical (unpaired) electrons. The molecule has 0 spiro atoms. The topological polar surface area (TPSA) is 108 Å². The maximum absolute atomic E-state index is 13.7. The van der Waals surface area contributed by atoms with E-state index in [-0.39, 0.29) is 30.5 Å². The van der Waals surface area contributed by atoms with Crippen molar-refractivity contribution in [2.75, 3.05) is 6.61 Å². The van der Waals surface area contributed by atoms with Gasteiger partial charge in [0.1, 0.15) is 6.61 Å². The summed E-state index contributed by atoms with van der Waals surface area (Å²) >= 11 is 0. The third-order valence-corrected chi connectivity index (χ3v) is 12.8. The number of benzene rings is 1. The number of cyclic esters (lactones) is 1. The minimum atomic E-state index is -1.84. The lowest BCUT2D eigenvalue weighted by atomic mass is 9.86. The van der Waals surface area contributed by atoms with Crippen LogP contribution < -0.4 is 5.56 Å². The summed E-state index contributed by atoms with van der Waals surface area (Å²) in [5.41, 5.74) is 3.10. The van der Waals surface area contributed by atoms with Gasteiger partial charge in [-0.2, -0.15) is 0 Å². The highest BCUT2D eigenvalue weighted by molar-refractivity contribution is 6.77. The summed E-state index contributed by atoms with van der Waals surface area (Å²) in [5.74, 6) is -0.625. The number of nitrogens with zero attached hydrogens (tertiary/aromatic N) is 2. The van der Waals surface area contributed by atoms with Crippen molar-refractivity contribution >= 4 is 30.9 Å². The van der Waals surface area contributed by atoms with Gasteiger partial charge >= 0.3 is 11.9 Å². The van der Waals surface area contributed by atoms with E-state index in [2.05, 4.69) is 19.2 Å². The lowest BCUT2D eigenvalue weighted by molar-refractivity contribution is -0.172. The second-order valence-electron chi connectivity index (χ2n) is 12.6. The van der Waals surface area contributed by atoms with Crippen LogP contribution in [-0.4, -0.2) is 41.3 Å². The molecule has 1 fully saturated rings. The molecule has 1 saturated carbocycles. The number of pyridine rings is 2. The van der Waals surface area contributed by atoms with Crippen molar-refractivity contribution < 1.29 is 24.2 Å². The van der Waals surface area contributed by atoms with Crippen molar-refractivity contribution in [3.63, 3.8) is 0 Å². The standard InChI is InChI=1S/C32H38N2O6Si/c1-4-32(38)25-17-27-28-23(18-34(27)29(35)24(25)19-40-31(32)37)21(22-11-5-6-12-26(22)33-28)13-16-41(2,3)15-8-14-39-30(36)20-9-7-10-20/h5-6,11-12,17,20,38H,4,7-10,13-16,18-19H2,1-3H3. The molecule has 3 aliphatic rings. The van der Waals surface area contributed by atoms with Crippen LogP contribution in [0.25, 0.3) is 22.3 Å². The largest absolute Gasteiger partial charge is 0.465 e. The molecule has 1 atom stereocenters. The van der Waals surface area contributed by atoms with E-state index in [9.17, 15) is 19.5 Å². The minimum Gasteiger partial charge on any atom is -0.465 e. The molecule has 41 heavy (non-hydrogen) atoms. The van der Waals surface area contributed by atoms with Crippen LogP contribution in [0.5, 0.6) is 0 Å². The monoisotopic (exact) mass is 574 g/mol. The van der Waals surface area contributed by atoms with Gasteiger partial charge in [0.05, 0.1) is 41.5 Å². The second kappa shape index (κ2) is 10.5. The van der Waals surface area contributed by atoms with Crippen LogP contribution in [0.2, 0.25) is 25.2 Å². The molecule has 1 aliphatic carbocycles. The molecule has 0 amide bonds. The van der Waals surface area contributed by atoms with E-state index in [1.165, 1.54) is 5.56 Å². The molecule has 2 aliphatic heterocycles. The van der Waals surface area contributed by atoms with Gasteiger partial charge < -0.3 is 19.1 Å². The molecular weight excluding hydrogens is 536 g/mol. The Kier molecular flexibility index (Phi) is 7.14. The summed E-state index contributed by atoms with van der Waals surface area (Å²) in [4.78, 5) is 43.3. The van der Waals surface area contributed by atoms with Crippen LogP contribution >= 0.6 is 0 Å². The van der Waals surface area contributed by atoms with Crippen molar-refractivity contribution in [1.82, 2.24) is 9.55 Å². The Hall–Kier alpha value is -3.30. The zero-order valence-electron chi connectivity index (χ0n) is 24.1. The number of carbonyl (C=O) groups is 2. The van der Waals surface area contributed by atoms with Gasteiger partial charge in [0.15, 0.2) is 5.60 Å². The lowest BCUT2D eigenvalue weighted by Gasteiger charge is -2.31. The fourth-order valence-electron chi connectivity index (χ4n) is 6.47. The Labute approximate surface area is 240 Å². The number of hydrogen-bond acceptors (Lipinski definition) is 7. The van der Waals surface area contributed by atoms with Crippen LogP contribution in [0.3, 0.4) is 0 Å². The van der Waals surface area contributed by atoms with Crippen LogP contribution in [0.4, 0.5) is 0 Å². The van der Waals surface area contributed by atoms with Gasteiger partial charge in [-0.25, -0.2) is 9.78 Å². The van der Waals surface area contributed by atoms with Crippen LogP contribution in [-0.2, 0) is 44.2 Å².